The minimum Gasteiger partial charge on any atom is -0.333 e. The number of likely N-dealkylation sites (N-methyl/N-ethyl adjacent to an activating group) is 1. The van der Waals surface area contributed by atoms with Gasteiger partial charge < -0.3 is 20.9 Å². The summed E-state index contributed by atoms with van der Waals surface area (Å²) in [5, 5.41) is 2.32. The predicted molar refractivity (Wildman–Crippen MR) is 94.0 cm³/mol. The number of halogens is 4. The van der Waals surface area contributed by atoms with Gasteiger partial charge in [-0.3, -0.25) is 14.4 Å². The fraction of sp³-hybridized carbons (Fsp3) is 0.438. The molecule has 1 aliphatic heterocycles. The van der Waals surface area contributed by atoms with Crippen molar-refractivity contribution >= 4 is 35.8 Å². The van der Waals surface area contributed by atoms with Crippen LogP contribution in [-0.2, 0) is 27.1 Å². The zero-order chi connectivity index (χ0) is 19.5. The van der Waals surface area contributed by atoms with Gasteiger partial charge in [0.2, 0.25) is 5.91 Å². The summed E-state index contributed by atoms with van der Waals surface area (Å²) < 4.78 is 38.7. The van der Waals surface area contributed by atoms with Crippen LogP contribution in [0.5, 0.6) is 0 Å². The quantitative estimate of drug-likeness (QED) is 0.716. The van der Waals surface area contributed by atoms with Crippen LogP contribution in [0.25, 0.3) is 0 Å². The van der Waals surface area contributed by atoms with E-state index in [1.807, 2.05) is 0 Å². The molecule has 0 spiro atoms. The third-order valence-electron chi connectivity index (χ3n) is 3.95. The first-order valence-corrected chi connectivity index (χ1v) is 7.95. The van der Waals surface area contributed by atoms with Gasteiger partial charge in [-0.2, -0.15) is 13.2 Å². The molecule has 1 saturated heterocycles. The van der Waals surface area contributed by atoms with E-state index < -0.39 is 36.0 Å². The Kier molecular flexibility index (Phi) is 7.61. The van der Waals surface area contributed by atoms with Crippen LogP contribution in [0, 0.1) is 0 Å². The molecule has 3 N–H and O–H groups in total. The molecule has 150 valence electrons. The van der Waals surface area contributed by atoms with Crippen LogP contribution in [0.1, 0.15) is 18.1 Å². The van der Waals surface area contributed by atoms with Crippen LogP contribution in [0.4, 0.5) is 18.9 Å². The first-order chi connectivity index (χ1) is 12.2. The zero-order valence-electron chi connectivity index (χ0n) is 14.5. The van der Waals surface area contributed by atoms with E-state index in [1.165, 1.54) is 11.0 Å². The first kappa shape index (κ1) is 22.7. The van der Waals surface area contributed by atoms with Crippen LogP contribution in [0.3, 0.4) is 0 Å². The van der Waals surface area contributed by atoms with E-state index in [0.717, 1.165) is 17.0 Å². The molecule has 0 radical (unpaired) electrons. The highest BCUT2D eigenvalue weighted by Crippen LogP contribution is 2.32. The average molecular weight is 409 g/mol. The van der Waals surface area contributed by atoms with E-state index in [2.05, 4.69) is 5.32 Å². The number of rotatable bonds is 5. The number of benzene rings is 1. The number of piperazine rings is 1. The number of alkyl halides is 3. The summed E-state index contributed by atoms with van der Waals surface area (Å²) in [6.07, 6.45) is -4.58. The van der Waals surface area contributed by atoms with Crippen molar-refractivity contribution < 1.29 is 27.6 Å². The largest absolute Gasteiger partial charge is 0.416 e. The normalized spacial score (nSPS) is 14.9. The van der Waals surface area contributed by atoms with Crippen molar-refractivity contribution in [3.63, 3.8) is 0 Å². The third kappa shape index (κ3) is 5.57. The van der Waals surface area contributed by atoms with Crippen LogP contribution in [0.2, 0.25) is 0 Å². The van der Waals surface area contributed by atoms with E-state index in [9.17, 15) is 27.6 Å². The maximum Gasteiger partial charge on any atom is 0.416 e. The van der Waals surface area contributed by atoms with Gasteiger partial charge in [-0.25, -0.2) is 0 Å². The molecule has 0 saturated carbocycles. The Morgan fingerprint density at radius 1 is 1.15 bits per heavy atom. The van der Waals surface area contributed by atoms with Crippen molar-refractivity contribution in [3.8, 4) is 0 Å². The van der Waals surface area contributed by atoms with Gasteiger partial charge in [-0.05, 0) is 30.7 Å². The van der Waals surface area contributed by atoms with Crippen LogP contribution in [0.15, 0.2) is 18.2 Å². The van der Waals surface area contributed by atoms with E-state index >= 15 is 0 Å². The van der Waals surface area contributed by atoms with Gasteiger partial charge in [-0.15, -0.1) is 12.4 Å². The molecule has 11 heteroatoms. The Labute approximate surface area is 160 Å². The van der Waals surface area contributed by atoms with Crippen LogP contribution < -0.4 is 11.1 Å². The molecule has 7 nitrogen and oxygen atoms in total. The van der Waals surface area contributed by atoms with E-state index in [4.69, 9.17) is 5.73 Å². The van der Waals surface area contributed by atoms with E-state index in [1.54, 1.807) is 6.92 Å². The minimum atomic E-state index is -4.58. The minimum absolute atomic E-state index is 0. The second kappa shape index (κ2) is 9.05. The Morgan fingerprint density at radius 2 is 1.74 bits per heavy atom. The number of nitrogens with one attached hydrogen (secondary N) is 1. The molecular formula is C16H20ClF3N4O3. The van der Waals surface area contributed by atoms with Gasteiger partial charge in [0.05, 0.1) is 5.56 Å². The lowest BCUT2D eigenvalue weighted by molar-refractivity contribution is -0.156. The molecule has 0 atom stereocenters. The van der Waals surface area contributed by atoms with Crippen molar-refractivity contribution in [2.75, 3.05) is 31.5 Å². The highest BCUT2D eigenvalue weighted by atomic mass is 35.5. The molecule has 1 heterocycles. The summed E-state index contributed by atoms with van der Waals surface area (Å²) in [6.45, 7) is 2.06. The number of amides is 3. The van der Waals surface area contributed by atoms with Crippen LogP contribution in [-0.4, -0.2) is 53.7 Å². The fourth-order valence-corrected chi connectivity index (χ4v) is 2.59. The Balaban J connectivity index is 0.00000364. The van der Waals surface area contributed by atoms with E-state index in [0.29, 0.717) is 13.1 Å². The molecule has 1 aromatic rings. The highest BCUT2D eigenvalue weighted by Gasteiger charge is 2.33. The molecule has 0 aromatic heterocycles. The van der Waals surface area contributed by atoms with Gasteiger partial charge in [-0.1, -0.05) is 0 Å². The summed E-state index contributed by atoms with van der Waals surface area (Å²) in [6, 6.07) is 3.02. The van der Waals surface area contributed by atoms with Crippen molar-refractivity contribution in [2.45, 2.75) is 19.6 Å². The monoisotopic (exact) mass is 408 g/mol. The van der Waals surface area contributed by atoms with Crippen molar-refractivity contribution in [1.29, 1.82) is 0 Å². The van der Waals surface area contributed by atoms with Crippen molar-refractivity contribution in [3.05, 3.63) is 29.3 Å². The topological polar surface area (TPSA) is 95.7 Å². The zero-order valence-corrected chi connectivity index (χ0v) is 15.3. The molecule has 1 aliphatic rings. The predicted octanol–water partition coefficient (Wildman–Crippen LogP) is 1.22. The fourth-order valence-electron chi connectivity index (χ4n) is 2.59. The lowest BCUT2D eigenvalue weighted by Gasteiger charge is -2.32. The summed E-state index contributed by atoms with van der Waals surface area (Å²) >= 11 is 0. The van der Waals surface area contributed by atoms with Crippen molar-refractivity contribution in [2.24, 2.45) is 5.73 Å². The molecule has 2 rings (SSSR count). The van der Waals surface area contributed by atoms with Crippen LogP contribution >= 0.6 is 12.4 Å². The lowest BCUT2D eigenvalue weighted by atomic mass is 10.1. The molecule has 0 bridgehead atoms. The first-order valence-electron chi connectivity index (χ1n) is 7.95. The smallest absolute Gasteiger partial charge is 0.333 e. The third-order valence-corrected chi connectivity index (χ3v) is 3.95. The number of hydrogen-bond donors (Lipinski definition) is 2. The van der Waals surface area contributed by atoms with Gasteiger partial charge in [0.1, 0.15) is 6.54 Å². The van der Waals surface area contributed by atoms with Gasteiger partial charge >= 0.3 is 18.0 Å². The standard InChI is InChI=1S/C16H19F3N4O3.ClH/c1-2-22-3-4-23(15(26)14(22)25)9-13(24)21-12-6-10(8-20)5-11(7-12)16(17,18)19;/h5-7H,2-4,8-9,20H2,1H3,(H,21,24);1H. The molecule has 3 amide bonds. The Morgan fingerprint density at radius 3 is 2.30 bits per heavy atom. The van der Waals surface area contributed by atoms with Gasteiger partial charge in [0.15, 0.2) is 0 Å². The maximum atomic E-state index is 12.9. The number of carbonyl (C=O) groups is 3. The summed E-state index contributed by atoms with van der Waals surface area (Å²) in [5.74, 6) is -2.20. The number of hydrogen-bond acceptors (Lipinski definition) is 4. The van der Waals surface area contributed by atoms with Gasteiger partial charge in [0.25, 0.3) is 0 Å². The molecule has 0 aliphatic carbocycles. The Hall–Kier alpha value is -2.33. The number of anilines is 1. The average Bonchev–Trinajstić information content (AvgIpc) is 2.58. The number of nitrogens with two attached hydrogens (primary N) is 1. The summed E-state index contributed by atoms with van der Waals surface area (Å²) in [4.78, 5) is 38.3. The lowest BCUT2D eigenvalue weighted by Crippen LogP contribution is -2.55. The maximum absolute atomic E-state index is 12.9. The van der Waals surface area contributed by atoms with Gasteiger partial charge in [0, 0.05) is 31.9 Å². The number of nitrogens with zero attached hydrogens (tertiary/aromatic N) is 2. The second-order valence-electron chi connectivity index (χ2n) is 5.78. The molecular weight excluding hydrogens is 389 g/mol. The molecule has 1 fully saturated rings. The highest BCUT2D eigenvalue weighted by molar-refractivity contribution is 6.35. The molecule has 27 heavy (non-hydrogen) atoms. The molecule has 0 unspecified atom stereocenters. The summed E-state index contributed by atoms with van der Waals surface area (Å²) in [5.41, 5.74) is 4.60. The van der Waals surface area contributed by atoms with E-state index in [-0.39, 0.29) is 36.7 Å². The van der Waals surface area contributed by atoms with Crippen molar-refractivity contribution in [1.82, 2.24) is 9.80 Å². The second-order valence-corrected chi connectivity index (χ2v) is 5.78. The summed E-state index contributed by atoms with van der Waals surface area (Å²) in [7, 11) is 0. The number of carbonyl (C=O) groups excluding carboxylic acids is 3. The SMILES string of the molecule is CCN1CCN(CC(=O)Nc2cc(CN)cc(C(F)(F)F)c2)C(=O)C1=O.Cl. The Bertz CT molecular complexity index is 727. The molecule has 1 aromatic carbocycles.